The molecule has 1 aliphatic heterocycles. The molecule has 1 aromatic carbocycles. The Morgan fingerprint density at radius 2 is 1.95 bits per heavy atom. The van der Waals surface area contributed by atoms with E-state index in [-0.39, 0.29) is 17.5 Å². The number of hydrogen-bond donors (Lipinski definition) is 2. The van der Waals surface area contributed by atoms with Gasteiger partial charge in [0.15, 0.2) is 4.90 Å². The van der Waals surface area contributed by atoms with Gasteiger partial charge in [-0.25, -0.2) is 21.9 Å². The minimum absolute atomic E-state index is 0.114. The van der Waals surface area contributed by atoms with Gasteiger partial charge in [-0.3, -0.25) is 0 Å². The number of nitrogens with one attached hydrogen (secondary N) is 1. The lowest BCUT2D eigenvalue weighted by Gasteiger charge is -2.21. The van der Waals surface area contributed by atoms with E-state index in [0.29, 0.717) is 0 Å². The maximum atomic E-state index is 13.6. The third kappa shape index (κ3) is 3.78. The molecule has 0 saturated carbocycles. The standard InChI is InChI=1S/C11H14F2N2O2S3/c12-9-3-7(14)4-10(13)11(9)20(16,17)15-5-8-6-18-1-2-19-8/h3-4,8,15H,1-2,5-6,14H2. The molecule has 1 unspecified atom stereocenters. The van der Waals surface area contributed by atoms with Crippen molar-refractivity contribution >= 4 is 39.2 Å². The number of nitrogen functional groups attached to an aromatic ring is 1. The van der Waals surface area contributed by atoms with E-state index >= 15 is 0 Å². The Morgan fingerprint density at radius 3 is 2.50 bits per heavy atom. The van der Waals surface area contributed by atoms with Gasteiger partial charge in [-0.2, -0.15) is 23.5 Å². The van der Waals surface area contributed by atoms with Crippen molar-refractivity contribution in [1.29, 1.82) is 0 Å². The molecule has 4 nitrogen and oxygen atoms in total. The predicted octanol–water partition coefficient (Wildman–Crippen LogP) is 1.67. The topological polar surface area (TPSA) is 72.2 Å². The summed E-state index contributed by atoms with van der Waals surface area (Å²) >= 11 is 3.39. The third-order valence-electron chi connectivity index (χ3n) is 2.68. The van der Waals surface area contributed by atoms with Crippen LogP contribution in [0.25, 0.3) is 0 Å². The molecule has 0 aliphatic carbocycles. The second-order valence-corrected chi connectivity index (χ2v) is 8.50. The number of anilines is 1. The van der Waals surface area contributed by atoms with Gasteiger partial charge >= 0.3 is 0 Å². The van der Waals surface area contributed by atoms with Gasteiger partial charge in [-0.05, 0) is 12.1 Å². The minimum Gasteiger partial charge on any atom is -0.399 e. The van der Waals surface area contributed by atoms with Gasteiger partial charge in [-0.15, -0.1) is 0 Å². The first-order valence-corrected chi connectivity index (χ1v) is 9.52. The van der Waals surface area contributed by atoms with E-state index in [9.17, 15) is 17.2 Å². The lowest BCUT2D eigenvalue weighted by atomic mass is 10.3. The molecule has 9 heteroatoms. The van der Waals surface area contributed by atoms with Crippen molar-refractivity contribution in [3.8, 4) is 0 Å². The van der Waals surface area contributed by atoms with Gasteiger partial charge in [0.2, 0.25) is 10.0 Å². The van der Waals surface area contributed by atoms with Crippen LogP contribution in [-0.4, -0.2) is 37.5 Å². The highest BCUT2D eigenvalue weighted by Gasteiger charge is 2.26. The maximum absolute atomic E-state index is 13.6. The SMILES string of the molecule is Nc1cc(F)c(S(=O)(=O)NCC2CSCCS2)c(F)c1. The monoisotopic (exact) mass is 340 g/mol. The van der Waals surface area contributed by atoms with Crippen molar-refractivity contribution in [2.75, 3.05) is 29.5 Å². The fourth-order valence-electron chi connectivity index (χ4n) is 1.77. The van der Waals surface area contributed by atoms with Crippen LogP contribution >= 0.6 is 23.5 Å². The molecule has 1 aliphatic rings. The normalized spacial score (nSPS) is 20.0. The molecule has 112 valence electrons. The molecule has 0 bridgehead atoms. The molecule has 1 aromatic rings. The summed E-state index contributed by atoms with van der Waals surface area (Å²) in [5, 5.41) is 0.114. The van der Waals surface area contributed by atoms with Crippen molar-refractivity contribution in [2.24, 2.45) is 0 Å². The lowest BCUT2D eigenvalue weighted by Crippen LogP contribution is -2.34. The number of nitrogens with two attached hydrogens (primary N) is 1. The van der Waals surface area contributed by atoms with Crippen LogP contribution < -0.4 is 10.5 Å². The van der Waals surface area contributed by atoms with E-state index in [1.807, 2.05) is 0 Å². The summed E-state index contributed by atoms with van der Waals surface area (Å²) < 4.78 is 53.5. The first-order valence-electron chi connectivity index (χ1n) is 5.83. The van der Waals surface area contributed by atoms with Crippen LogP contribution in [0.2, 0.25) is 0 Å². The molecule has 3 N–H and O–H groups in total. The Balaban J connectivity index is 2.14. The van der Waals surface area contributed by atoms with Gasteiger partial charge in [-0.1, -0.05) is 0 Å². The quantitative estimate of drug-likeness (QED) is 0.816. The van der Waals surface area contributed by atoms with Crippen LogP contribution in [0.4, 0.5) is 14.5 Å². The number of hydrogen-bond acceptors (Lipinski definition) is 5. The minimum atomic E-state index is -4.22. The van der Waals surface area contributed by atoms with Gasteiger partial charge < -0.3 is 5.73 Å². The van der Waals surface area contributed by atoms with Gasteiger partial charge in [0.25, 0.3) is 0 Å². The zero-order chi connectivity index (χ0) is 14.8. The fraction of sp³-hybridized carbons (Fsp3) is 0.455. The molecular formula is C11H14F2N2O2S3. The van der Waals surface area contributed by atoms with Crippen LogP contribution in [0.1, 0.15) is 0 Å². The van der Waals surface area contributed by atoms with Gasteiger partial charge in [0.1, 0.15) is 11.6 Å². The highest BCUT2D eigenvalue weighted by atomic mass is 32.2. The predicted molar refractivity (Wildman–Crippen MR) is 79.5 cm³/mol. The molecule has 1 fully saturated rings. The van der Waals surface area contributed by atoms with Crippen molar-refractivity contribution in [2.45, 2.75) is 10.1 Å². The van der Waals surface area contributed by atoms with Crippen molar-refractivity contribution in [3.05, 3.63) is 23.8 Å². The van der Waals surface area contributed by atoms with Crippen molar-refractivity contribution in [3.63, 3.8) is 0 Å². The van der Waals surface area contributed by atoms with Crippen LogP contribution in [0.3, 0.4) is 0 Å². The van der Waals surface area contributed by atoms with E-state index in [2.05, 4.69) is 4.72 Å². The number of thioether (sulfide) groups is 2. The number of halogens is 2. The Labute approximate surface area is 124 Å². The summed E-state index contributed by atoms with van der Waals surface area (Å²) in [6.07, 6.45) is 0. The first-order chi connectivity index (χ1) is 9.40. The summed E-state index contributed by atoms with van der Waals surface area (Å²) in [5.74, 6) is 0.442. The second-order valence-electron chi connectivity index (χ2n) is 4.23. The molecule has 0 radical (unpaired) electrons. The number of benzene rings is 1. The van der Waals surface area contributed by atoms with E-state index in [1.165, 1.54) is 0 Å². The Hall–Kier alpha value is -0.510. The molecule has 0 spiro atoms. The molecule has 0 amide bonds. The van der Waals surface area contributed by atoms with Crippen molar-refractivity contribution in [1.82, 2.24) is 4.72 Å². The van der Waals surface area contributed by atoms with E-state index in [0.717, 1.165) is 29.4 Å². The Kier molecular flexibility index (Phi) is 5.16. The largest absolute Gasteiger partial charge is 0.399 e. The Bertz CT molecular complexity index is 566. The lowest BCUT2D eigenvalue weighted by molar-refractivity contribution is 0.515. The number of rotatable bonds is 4. The van der Waals surface area contributed by atoms with Crippen molar-refractivity contribution < 1.29 is 17.2 Å². The molecule has 1 atom stereocenters. The maximum Gasteiger partial charge on any atom is 0.246 e. The fourth-order valence-corrected chi connectivity index (χ4v) is 5.68. The first kappa shape index (κ1) is 15.9. The number of sulfonamides is 1. The average Bonchev–Trinajstić information content (AvgIpc) is 2.36. The van der Waals surface area contributed by atoms with Gasteiger partial charge in [0, 0.05) is 34.7 Å². The highest BCUT2D eigenvalue weighted by molar-refractivity contribution is 8.06. The van der Waals surface area contributed by atoms with E-state index in [1.54, 1.807) is 23.5 Å². The summed E-state index contributed by atoms with van der Waals surface area (Å²) in [6, 6.07) is 1.59. The Morgan fingerprint density at radius 1 is 1.30 bits per heavy atom. The van der Waals surface area contributed by atoms with E-state index < -0.39 is 26.6 Å². The molecule has 1 saturated heterocycles. The van der Waals surface area contributed by atoms with Crippen LogP contribution in [-0.2, 0) is 10.0 Å². The summed E-state index contributed by atoms with van der Waals surface area (Å²) in [6.45, 7) is 0.156. The van der Waals surface area contributed by atoms with Crippen LogP contribution in [0, 0.1) is 11.6 Å². The highest BCUT2D eigenvalue weighted by Crippen LogP contribution is 2.25. The molecule has 1 heterocycles. The summed E-state index contributed by atoms with van der Waals surface area (Å²) in [5.41, 5.74) is 5.11. The molecule has 2 rings (SSSR count). The van der Waals surface area contributed by atoms with Crippen LogP contribution in [0.5, 0.6) is 0 Å². The summed E-state index contributed by atoms with van der Waals surface area (Å²) in [7, 11) is -4.22. The molecular weight excluding hydrogens is 326 g/mol. The molecule has 20 heavy (non-hydrogen) atoms. The smallest absolute Gasteiger partial charge is 0.246 e. The third-order valence-corrected chi connectivity index (χ3v) is 6.99. The van der Waals surface area contributed by atoms with E-state index in [4.69, 9.17) is 5.73 Å². The van der Waals surface area contributed by atoms with Gasteiger partial charge in [0.05, 0.1) is 0 Å². The summed E-state index contributed by atoms with van der Waals surface area (Å²) in [4.78, 5) is -0.972. The second kappa shape index (κ2) is 6.50. The zero-order valence-electron chi connectivity index (χ0n) is 10.4. The zero-order valence-corrected chi connectivity index (χ0v) is 12.9. The average molecular weight is 340 g/mol. The van der Waals surface area contributed by atoms with Crippen LogP contribution in [0.15, 0.2) is 17.0 Å². The molecule has 0 aromatic heterocycles.